The Bertz CT molecular complexity index is 609. The van der Waals surface area contributed by atoms with Crippen molar-refractivity contribution < 1.29 is 13.2 Å². The second-order valence-corrected chi connectivity index (χ2v) is 9.58. The molecule has 118 valence electrons. The molecule has 2 rings (SSSR count). The molecule has 9 heteroatoms. The molecule has 0 radical (unpaired) electrons. The third kappa shape index (κ3) is 4.26. The molecule has 0 unspecified atom stereocenters. The average Bonchev–Trinajstić information content (AvgIpc) is 3.07. The number of nitrogens with two attached hydrogens (primary N) is 1. The Morgan fingerprint density at radius 2 is 2.05 bits per heavy atom. The summed E-state index contributed by atoms with van der Waals surface area (Å²) in [5, 5.41) is 2.87. The van der Waals surface area contributed by atoms with Crippen molar-refractivity contribution in [3.8, 4) is 0 Å². The molecule has 0 spiro atoms. The van der Waals surface area contributed by atoms with Crippen molar-refractivity contribution in [2.75, 3.05) is 13.1 Å². The molecular weight excluding hydrogens is 378 g/mol. The molecular formula is C12H18BrN3O3S2. The van der Waals surface area contributed by atoms with Gasteiger partial charge in [-0.25, -0.2) is 13.1 Å². The van der Waals surface area contributed by atoms with E-state index >= 15 is 0 Å². The van der Waals surface area contributed by atoms with Gasteiger partial charge in [-0.15, -0.1) is 11.3 Å². The molecule has 4 N–H and O–H groups in total. The van der Waals surface area contributed by atoms with Gasteiger partial charge in [0.2, 0.25) is 5.91 Å². The molecule has 1 fully saturated rings. The van der Waals surface area contributed by atoms with E-state index in [9.17, 15) is 13.2 Å². The average molecular weight is 396 g/mol. The first kappa shape index (κ1) is 16.9. The van der Waals surface area contributed by atoms with E-state index in [1.165, 1.54) is 6.07 Å². The van der Waals surface area contributed by atoms with Gasteiger partial charge in [-0.05, 0) is 40.9 Å². The first-order valence-electron chi connectivity index (χ1n) is 6.63. The predicted molar refractivity (Wildman–Crippen MR) is 85.6 cm³/mol. The van der Waals surface area contributed by atoms with Gasteiger partial charge < -0.3 is 11.1 Å². The van der Waals surface area contributed by atoms with Crippen LogP contribution in [0.15, 0.2) is 20.1 Å². The van der Waals surface area contributed by atoms with Gasteiger partial charge in [0.1, 0.15) is 4.21 Å². The van der Waals surface area contributed by atoms with Crippen LogP contribution in [0.3, 0.4) is 0 Å². The minimum atomic E-state index is -3.65. The lowest BCUT2D eigenvalue weighted by Gasteiger charge is -2.28. The number of carbonyl (C=O) groups excluding carboxylic acids is 1. The van der Waals surface area contributed by atoms with Crippen molar-refractivity contribution in [1.29, 1.82) is 0 Å². The molecule has 0 aliphatic heterocycles. The summed E-state index contributed by atoms with van der Waals surface area (Å²) in [5.74, 6) is -0.346. The molecule has 0 saturated heterocycles. The van der Waals surface area contributed by atoms with Crippen LogP contribution in [0.25, 0.3) is 0 Å². The van der Waals surface area contributed by atoms with Gasteiger partial charge in [0.25, 0.3) is 10.0 Å². The fourth-order valence-electron chi connectivity index (χ4n) is 2.45. The number of halogens is 1. The number of amides is 1. The summed E-state index contributed by atoms with van der Waals surface area (Å²) >= 11 is 4.31. The zero-order valence-electron chi connectivity index (χ0n) is 11.4. The summed E-state index contributed by atoms with van der Waals surface area (Å²) in [4.78, 5) is 11.9. The number of hydrogen-bond acceptors (Lipinski definition) is 5. The summed E-state index contributed by atoms with van der Waals surface area (Å²) in [6.07, 6.45) is 3.76. The highest BCUT2D eigenvalue weighted by molar-refractivity contribution is 9.11. The van der Waals surface area contributed by atoms with Crippen molar-refractivity contribution in [2.24, 2.45) is 5.73 Å². The van der Waals surface area contributed by atoms with Crippen molar-refractivity contribution >= 4 is 43.2 Å². The quantitative estimate of drug-likeness (QED) is 0.672. The number of rotatable bonds is 6. The molecule has 1 amide bonds. The Hall–Kier alpha value is -0.480. The van der Waals surface area contributed by atoms with E-state index in [2.05, 4.69) is 26.0 Å². The van der Waals surface area contributed by atoms with Crippen molar-refractivity contribution in [3.63, 3.8) is 0 Å². The largest absolute Gasteiger partial charge is 0.348 e. The summed E-state index contributed by atoms with van der Waals surface area (Å²) in [6.45, 7) is 0.100. The molecule has 1 aliphatic carbocycles. The second-order valence-electron chi connectivity index (χ2n) is 5.12. The Balaban J connectivity index is 1.92. The number of thiophene rings is 1. The van der Waals surface area contributed by atoms with E-state index in [-0.39, 0.29) is 22.2 Å². The van der Waals surface area contributed by atoms with Crippen LogP contribution in [0.2, 0.25) is 0 Å². The normalized spacial score (nSPS) is 17.8. The third-order valence-corrected chi connectivity index (χ3v) is 7.11. The van der Waals surface area contributed by atoms with Gasteiger partial charge in [-0.3, -0.25) is 4.79 Å². The Kier molecular flexibility index (Phi) is 5.42. The van der Waals surface area contributed by atoms with Gasteiger partial charge in [-0.1, -0.05) is 12.8 Å². The van der Waals surface area contributed by atoms with Gasteiger partial charge >= 0.3 is 0 Å². The number of nitrogens with one attached hydrogen (secondary N) is 2. The van der Waals surface area contributed by atoms with E-state index in [0.29, 0.717) is 6.54 Å². The highest BCUT2D eigenvalue weighted by Gasteiger charge is 2.33. The summed E-state index contributed by atoms with van der Waals surface area (Å²) < 4.78 is 27.2. The molecule has 6 nitrogen and oxygen atoms in total. The zero-order valence-corrected chi connectivity index (χ0v) is 14.6. The van der Waals surface area contributed by atoms with Crippen LogP contribution in [0, 0.1) is 0 Å². The SMILES string of the molecule is NCC1(NC(=O)CNS(=O)(=O)c2ccc(Br)s2)CCCC1. The van der Waals surface area contributed by atoms with Gasteiger partial charge in [0.15, 0.2) is 0 Å². The number of hydrogen-bond donors (Lipinski definition) is 3. The van der Waals surface area contributed by atoms with Gasteiger partial charge in [-0.2, -0.15) is 0 Å². The lowest BCUT2D eigenvalue weighted by Crippen LogP contribution is -2.54. The molecule has 1 heterocycles. The maximum absolute atomic E-state index is 12.0. The number of carbonyl (C=O) groups is 1. The summed E-state index contributed by atoms with van der Waals surface area (Å²) in [6, 6.07) is 3.15. The Labute approximate surface area is 136 Å². The van der Waals surface area contributed by atoms with Crippen LogP contribution in [0.1, 0.15) is 25.7 Å². The highest BCUT2D eigenvalue weighted by atomic mass is 79.9. The molecule has 21 heavy (non-hydrogen) atoms. The van der Waals surface area contributed by atoms with E-state index in [1.54, 1.807) is 6.07 Å². The van der Waals surface area contributed by atoms with E-state index in [4.69, 9.17) is 5.73 Å². The van der Waals surface area contributed by atoms with Crippen molar-refractivity contribution in [2.45, 2.75) is 35.4 Å². The topological polar surface area (TPSA) is 101 Å². The maximum Gasteiger partial charge on any atom is 0.250 e. The lowest BCUT2D eigenvalue weighted by molar-refractivity contribution is -0.121. The summed E-state index contributed by atoms with van der Waals surface area (Å²) in [7, 11) is -3.65. The second kappa shape index (κ2) is 6.74. The van der Waals surface area contributed by atoms with Gasteiger partial charge in [0, 0.05) is 6.54 Å². The molecule has 1 aliphatic rings. The van der Waals surface area contributed by atoms with Crippen LogP contribution in [-0.2, 0) is 14.8 Å². The predicted octanol–water partition coefficient (Wildman–Crippen LogP) is 1.18. The van der Waals surface area contributed by atoms with E-state index in [0.717, 1.165) is 40.8 Å². The minimum Gasteiger partial charge on any atom is -0.348 e. The van der Waals surface area contributed by atoms with E-state index in [1.807, 2.05) is 0 Å². The number of sulfonamides is 1. The third-order valence-electron chi connectivity index (χ3n) is 3.59. The Morgan fingerprint density at radius 3 is 2.57 bits per heavy atom. The fourth-order valence-corrected chi connectivity index (χ4v) is 5.48. The molecule has 1 aromatic heterocycles. The fraction of sp³-hybridized carbons (Fsp3) is 0.583. The molecule has 1 saturated carbocycles. The Morgan fingerprint density at radius 1 is 1.38 bits per heavy atom. The monoisotopic (exact) mass is 395 g/mol. The highest BCUT2D eigenvalue weighted by Crippen LogP contribution is 2.28. The zero-order chi connectivity index (χ0) is 15.5. The van der Waals surface area contributed by atoms with Crippen LogP contribution >= 0.6 is 27.3 Å². The van der Waals surface area contributed by atoms with Gasteiger partial charge in [0.05, 0.1) is 15.9 Å². The maximum atomic E-state index is 12.0. The summed E-state index contributed by atoms with van der Waals surface area (Å²) in [5.41, 5.74) is 5.37. The smallest absolute Gasteiger partial charge is 0.250 e. The first-order chi connectivity index (χ1) is 9.87. The van der Waals surface area contributed by atoms with Crippen LogP contribution in [-0.4, -0.2) is 33.0 Å². The lowest BCUT2D eigenvalue weighted by atomic mass is 9.98. The first-order valence-corrected chi connectivity index (χ1v) is 9.72. The molecule has 0 aromatic carbocycles. The van der Waals surface area contributed by atoms with Crippen molar-refractivity contribution in [3.05, 3.63) is 15.9 Å². The van der Waals surface area contributed by atoms with Crippen molar-refractivity contribution in [1.82, 2.24) is 10.0 Å². The van der Waals surface area contributed by atoms with Crippen LogP contribution in [0.5, 0.6) is 0 Å². The molecule has 1 aromatic rings. The minimum absolute atomic E-state index is 0.177. The standard InChI is InChI=1S/C12H18BrN3O3S2/c13-9-3-4-11(20-9)21(18,19)15-7-10(17)16-12(8-14)5-1-2-6-12/h3-4,15H,1-2,5-8,14H2,(H,16,17). The molecule has 0 atom stereocenters. The molecule has 0 bridgehead atoms. The van der Waals surface area contributed by atoms with E-state index < -0.39 is 10.0 Å². The van der Waals surface area contributed by atoms with Crippen LogP contribution in [0.4, 0.5) is 0 Å². The van der Waals surface area contributed by atoms with Crippen LogP contribution < -0.4 is 15.8 Å².